The highest BCUT2D eigenvalue weighted by Crippen LogP contribution is 2.28. The van der Waals surface area contributed by atoms with Crippen LogP contribution in [0.5, 0.6) is 0 Å². The zero-order valence-electron chi connectivity index (χ0n) is 5.99. The maximum absolute atomic E-state index is 11.7. The van der Waals surface area contributed by atoms with Crippen LogP contribution in [0.3, 0.4) is 0 Å². The standard InChI is InChI=1S/C7H6F3IO/c8-7(9,10)12-6-3-1-5(11)2-4-6/h1,3H,2,4H2. The van der Waals surface area contributed by atoms with Crippen LogP contribution in [0.15, 0.2) is 21.5 Å². The summed E-state index contributed by atoms with van der Waals surface area (Å²) in [6.45, 7) is 0. The fraction of sp³-hybridized carbons (Fsp3) is 0.429. The molecule has 0 saturated heterocycles. The van der Waals surface area contributed by atoms with Crippen LogP contribution in [0.2, 0.25) is 0 Å². The van der Waals surface area contributed by atoms with E-state index in [1.807, 2.05) is 0 Å². The van der Waals surface area contributed by atoms with Gasteiger partial charge in [0.1, 0.15) is 5.76 Å². The molecule has 0 aromatic carbocycles. The van der Waals surface area contributed by atoms with E-state index in [0.29, 0.717) is 12.8 Å². The summed E-state index contributed by atoms with van der Waals surface area (Å²) in [5.74, 6) is -0.0112. The minimum absolute atomic E-state index is 0.0112. The fourth-order valence-corrected chi connectivity index (χ4v) is 1.28. The Labute approximate surface area is 81.4 Å². The molecule has 0 aromatic rings. The normalized spacial score (nSPS) is 18.3. The number of allylic oxidation sites excluding steroid dienone is 4. The number of alkyl halides is 3. The average molecular weight is 290 g/mol. The van der Waals surface area contributed by atoms with Gasteiger partial charge in [-0.25, -0.2) is 0 Å². The third kappa shape index (κ3) is 3.46. The molecule has 0 aliphatic heterocycles. The van der Waals surface area contributed by atoms with Gasteiger partial charge in [-0.05, 0) is 44.7 Å². The van der Waals surface area contributed by atoms with Crippen LogP contribution in [-0.2, 0) is 4.74 Å². The second kappa shape index (κ2) is 3.68. The van der Waals surface area contributed by atoms with E-state index in [0.717, 1.165) is 3.58 Å². The first-order valence-electron chi connectivity index (χ1n) is 3.28. The first kappa shape index (κ1) is 9.88. The van der Waals surface area contributed by atoms with Gasteiger partial charge in [-0.1, -0.05) is 0 Å². The van der Waals surface area contributed by atoms with Gasteiger partial charge in [-0.3, -0.25) is 0 Å². The van der Waals surface area contributed by atoms with Gasteiger partial charge in [0.25, 0.3) is 0 Å². The summed E-state index contributed by atoms with van der Waals surface area (Å²) in [5.41, 5.74) is 0. The van der Waals surface area contributed by atoms with Crippen molar-refractivity contribution in [1.29, 1.82) is 0 Å². The van der Waals surface area contributed by atoms with Crippen LogP contribution in [0, 0.1) is 0 Å². The SMILES string of the molecule is FC(F)(F)OC1=CC=C(I)CC1. The zero-order valence-corrected chi connectivity index (χ0v) is 8.15. The third-order valence-electron chi connectivity index (χ3n) is 1.31. The Morgan fingerprint density at radius 3 is 2.33 bits per heavy atom. The molecule has 0 amide bonds. The molecule has 1 rings (SSSR count). The number of hydrogen-bond acceptors (Lipinski definition) is 1. The number of ether oxygens (including phenoxy) is 1. The second-order valence-corrected chi connectivity index (χ2v) is 3.68. The van der Waals surface area contributed by atoms with Crippen LogP contribution < -0.4 is 0 Å². The molecule has 0 heterocycles. The fourth-order valence-electron chi connectivity index (χ4n) is 0.826. The first-order valence-corrected chi connectivity index (χ1v) is 4.36. The van der Waals surface area contributed by atoms with Crippen LogP contribution in [0.4, 0.5) is 13.2 Å². The predicted molar refractivity (Wildman–Crippen MR) is 46.6 cm³/mol. The van der Waals surface area contributed by atoms with Crippen molar-refractivity contribution in [3.63, 3.8) is 0 Å². The Morgan fingerprint density at radius 1 is 1.25 bits per heavy atom. The van der Waals surface area contributed by atoms with Gasteiger partial charge >= 0.3 is 6.36 Å². The van der Waals surface area contributed by atoms with Crippen LogP contribution in [0.1, 0.15) is 12.8 Å². The second-order valence-electron chi connectivity index (χ2n) is 2.29. The van der Waals surface area contributed by atoms with Crippen LogP contribution in [-0.4, -0.2) is 6.36 Å². The highest BCUT2D eigenvalue weighted by Gasteiger charge is 2.32. The summed E-state index contributed by atoms with van der Waals surface area (Å²) in [5, 5.41) is 0. The molecule has 0 spiro atoms. The average Bonchev–Trinajstić information content (AvgIpc) is 1.91. The molecule has 0 saturated carbocycles. The molecule has 0 N–H and O–H groups in total. The maximum atomic E-state index is 11.7. The summed E-state index contributed by atoms with van der Waals surface area (Å²) in [4.78, 5) is 0. The third-order valence-corrected chi connectivity index (χ3v) is 2.21. The molecule has 1 aliphatic carbocycles. The molecule has 0 bridgehead atoms. The molecule has 1 aliphatic rings. The van der Waals surface area contributed by atoms with Crippen molar-refractivity contribution in [2.24, 2.45) is 0 Å². The molecule has 0 aromatic heterocycles. The summed E-state index contributed by atoms with van der Waals surface area (Å²) < 4.78 is 39.7. The molecule has 0 radical (unpaired) electrons. The number of halogens is 4. The topological polar surface area (TPSA) is 9.23 Å². The van der Waals surface area contributed by atoms with Gasteiger partial charge in [-0.2, -0.15) is 0 Å². The minimum Gasteiger partial charge on any atom is -0.410 e. The van der Waals surface area contributed by atoms with Crippen molar-refractivity contribution in [3.8, 4) is 0 Å². The Morgan fingerprint density at radius 2 is 1.92 bits per heavy atom. The van der Waals surface area contributed by atoms with Crippen molar-refractivity contribution >= 4 is 22.6 Å². The van der Waals surface area contributed by atoms with Gasteiger partial charge in [0, 0.05) is 6.42 Å². The molecule has 68 valence electrons. The van der Waals surface area contributed by atoms with Crippen molar-refractivity contribution < 1.29 is 17.9 Å². The van der Waals surface area contributed by atoms with E-state index in [9.17, 15) is 13.2 Å². The number of hydrogen-bond donors (Lipinski definition) is 0. The van der Waals surface area contributed by atoms with Gasteiger partial charge in [-0.15, -0.1) is 13.2 Å². The lowest BCUT2D eigenvalue weighted by atomic mass is 10.2. The lowest BCUT2D eigenvalue weighted by Crippen LogP contribution is -2.13. The molecule has 0 atom stereocenters. The summed E-state index contributed by atoms with van der Waals surface area (Å²) in [6.07, 6.45) is -0.608. The molecule has 5 heteroatoms. The molecular weight excluding hydrogens is 284 g/mol. The first-order chi connectivity index (χ1) is 5.47. The van der Waals surface area contributed by atoms with Gasteiger partial charge in [0.2, 0.25) is 0 Å². The predicted octanol–water partition coefficient (Wildman–Crippen LogP) is 3.52. The Balaban J connectivity index is 2.55. The monoisotopic (exact) mass is 290 g/mol. The van der Waals surface area contributed by atoms with E-state index in [4.69, 9.17) is 0 Å². The lowest BCUT2D eigenvalue weighted by Gasteiger charge is -2.14. The molecule has 0 fully saturated rings. The minimum atomic E-state index is -4.55. The smallest absolute Gasteiger partial charge is 0.410 e. The van der Waals surface area contributed by atoms with Crippen LogP contribution in [0.25, 0.3) is 0 Å². The zero-order chi connectivity index (χ0) is 9.19. The maximum Gasteiger partial charge on any atom is 0.572 e. The molecule has 12 heavy (non-hydrogen) atoms. The largest absolute Gasteiger partial charge is 0.572 e. The highest BCUT2D eigenvalue weighted by molar-refractivity contribution is 14.1. The summed E-state index contributed by atoms with van der Waals surface area (Å²) in [7, 11) is 0. The van der Waals surface area contributed by atoms with E-state index >= 15 is 0 Å². The molecule has 1 nitrogen and oxygen atoms in total. The van der Waals surface area contributed by atoms with Crippen molar-refractivity contribution in [3.05, 3.63) is 21.5 Å². The Hall–Kier alpha value is -0.200. The molecular formula is C7H6F3IO. The lowest BCUT2D eigenvalue weighted by molar-refractivity contribution is -0.306. The molecule has 0 unspecified atom stereocenters. The van der Waals surface area contributed by atoms with E-state index in [1.165, 1.54) is 6.08 Å². The Bertz CT molecular complexity index is 229. The van der Waals surface area contributed by atoms with E-state index in [-0.39, 0.29) is 5.76 Å². The number of rotatable bonds is 1. The van der Waals surface area contributed by atoms with E-state index in [2.05, 4.69) is 27.3 Å². The van der Waals surface area contributed by atoms with Gasteiger partial charge in [0.15, 0.2) is 0 Å². The van der Waals surface area contributed by atoms with Crippen LogP contribution >= 0.6 is 22.6 Å². The van der Waals surface area contributed by atoms with Crippen molar-refractivity contribution in [2.75, 3.05) is 0 Å². The van der Waals surface area contributed by atoms with E-state index < -0.39 is 6.36 Å². The summed E-state index contributed by atoms with van der Waals surface area (Å²) >= 11 is 2.08. The van der Waals surface area contributed by atoms with Gasteiger partial charge in [0.05, 0.1) is 0 Å². The Kier molecular flexibility index (Phi) is 3.03. The summed E-state index contributed by atoms with van der Waals surface area (Å²) in [6, 6.07) is 0. The van der Waals surface area contributed by atoms with Crippen molar-refractivity contribution in [2.45, 2.75) is 19.2 Å². The quantitative estimate of drug-likeness (QED) is 0.671. The van der Waals surface area contributed by atoms with E-state index in [1.54, 1.807) is 6.08 Å². The van der Waals surface area contributed by atoms with Crippen molar-refractivity contribution in [1.82, 2.24) is 0 Å². The highest BCUT2D eigenvalue weighted by atomic mass is 127. The van der Waals surface area contributed by atoms with Gasteiger partial charge < -0.3 is 4.74 Å².